The first-order valence-corrected chi connectivity index (χ1v) is 7.53. The van der Waals surface area contributed by atoms with Gasteiger partial charge in [0.25, 0.3) is 0 Å². The van der Waals surface area contributed by atoms with Crippen LogP contribution < -0.4 is 0 Å². The number of aromatic nitrogens is 2. The van der Waals surface area contributed by atoms with Gasteiger partial charge >= 0.3 is 5.97 Å². The molecule has 1 N–H and O–H groups in total. The molecular weight excluding hydrogens is 272 g/mol. The fraction of sp³-hybridized carbons (Fsp3) is 0.800. The van der Waals surface area contributed by atoms with Crippen LogP contribution in [0.3, 0.4) is 0 Å². The molecule has 2 rings (SSSR count). The lowest BCUT2D eigenvalue weighted by Crippen LogP contribution is -2.26. The fourth-order valence-corrected chi connectivity index (χ4v) is 3.12. The average molecular weight is 296 g/mol. The lowest BCUT2D eigenvalue weighted by molar-refractivity contribution is -0.139. The number of methoxy groups -OCH3 is 1. The summed E-state index contributed by atoms with van der Waals surface area (Å²) in [5.74, 6) is 0.294. The van der Waals surface area contributed by atoms with E-state index >= 15 is 0 Å². The number of carboxylic acids is 1. The van der Waals surface area contributed by atoms with Gasteiger partial charge in [0.1, 0.15) is 5.60 Å². The largest absolute Gasteiger partial charge is 0.481 e. The SMILES string of the molecule is CCC(C)(OC)c1noc(CC2(CC(=O)O)CCCC2)n1. The van der Waals surface area contributed by atoms with Crippen molar-refractivity contribution in [3.63, 3.8) is 0 Å². The molecule has 1 aliphatic rings. The molecular formula is C15H24N2O4. The van der Waals surface area contributed by atoms with Crippen LogP contribution in [0.5, 0.6) is 0 Å². The molecule has 21 heavy (non-hydrogen) atoms. The number of ether oxygens (including phenoxy) is 1. The Hall–Kier alpha value is -1.43. The molecule has 0 spiro atoms. The van der Waals surface area contributed by atoms with Crippen molar-refractivity contribution in [3.05, 3.63) is 11.7 Å². The minimum Gasteiger partial charge on any atom is -0.481 e. The molecule has 118 valence electrons. The number of rotatable bonds is 7. The maximum Gasteiger partial charge on any atom is 0.303 e. The predicted molar refractivity (Wildman–Crippen MR) is 75.8 cm³/mol. The summed E-state index contributed by atoms with van der Waals surface area (Å²) in [6, 6.07) is 0. The Bertz CT molecular complexity index is 488. The first-order chi connectivity index (χ1) is 9.93. The highest BCUT2D eigenvalue weighted by atomic mass is 16.5. The zero-order valence-electron chi connectivity index (χ0n) is 13.0. The lowest BCUT2D eigenvalue weighted by Gasteiger charge is -2.25. The Labute approximate surface area is 124 Å². The van der Waals surface area contributed by atoms with Gasteiger partial charge < -0.3 is 14.4 Å². The average Bonchev–Trinajstić information content (AvgIpc) is 3.08. The van der Waals surface area contributed by atoms with Gasteiger partial charge in [-0.2, -0.15) is 4.98 Å². The second-order valence-electron chi connectivity index (χ2n) is 6.25. The van der Waals surface area contributed by atoms with Gasteiger partial charge in [-0.1, -0.05) is 24.9 Å². The Morgan fingerprint density at radius 1 is 1.48 bits per heavy atom. The third-order valence-electron chi connectivity index (χ3n) is 4.78. The molecule has 0 radical (unpaired) electrons. The van der Waals surface area contributed by atoms with Crippen LogP contribution in [0.15, 0.2) is 4.52 Å². The molecule has 1 aliphatic carbocycles. The van der Waals surface area contributed by atoms with E-state index in [-0.39, 0.29) is 11.8 Å². The Kier molecular flexibility index (Phi) is 4.66. The summed E-state index contributed by atoms with van der Waals surface area (Å²) in [5, 5.41) is 13.2. The molecule has 0 bridgehead atoms. The molecule has 1 heterocycles. The summed E-state index contributed by atoms with van der Waals surface area (Å²) in [5.41, 5.74) is -0.789. The highest BCUT2D eigenvalue weighted by molar-refractivity contribution is 5.67. The lowest BCUT2D eigenvalue weighted by atomic mass is 9.79. The number of aliphatic carboxylic acids is 1. The van der Waals surface area contributed by atoms with E-state index in [4.69, 9.17) is 14.4 Å². The maximum absolute atomic E-state index is 11.1. The molecule has 1 aromatic rings. The summed E-state index contributed by atoms with van der Waals surface area (Å²) in [7, 11) is 1.63. The van der Waals surface area contributed by atoms with E-state index in [1.807, 2.05) is 13.8 Å². The van der Waals surface area contributed by atoms with Crippen LogP contribution in [-0.2, 0) is 21.6 Å². The minimum atomic E-state index is -0.757. The fourth-order valence-electron chi connectivity index (χ4n) is 3.12. The van der Waals surface area contributed by atoms with Crippen molar-refractivity contribution in [2.45, 2.75) is 64.4 Å². The number of carbonyl (C=O) groups is 1. The smallest absolute Gasteiger partial charge is 0.303 e. The van der Waals surface area contributed by atoms with Crippen LogP contribution in [-0.4, -0.2) is 28.3 Å². The van der Waals surface area contributed by atoms with Gasteiger partial charge in [-0.15, -0.1) is 0 Å². The van der Waals surface area contributed by atoms with Gasteiger partial charge in [0, 0.05) is 13.5 Å². The number of hydrogen-bond donors (Lipinski definition) is 1. The molecule has 6 nitrogen and oxygen atoms in total. The summed E-state index contributed by atoms with van der Waals surface area (Å²) in [6.07, 6.45) is 5.40. The third-order valence-corrected chi connectivity index (χ3v) is 4.78. The highest BCUT2D eigenvalue weighted by Gasteiger charge is 2.39. The van der Waals surface area contributed by atoms with E-state index < -0.39 is 11.6 Å². The minimum absolute atomic E-state index is 0.167. The Balaban J connectivity index is 2.16. The quantitative estimate of drug-likeness (QED) is 0.832. The summed E-state index contributed by atoms with van der Waals surface area (Å²) < 4.78 is 10.8. The highest BCUT2D eigenvalue weighted by Crippen LogP contribution is 2.43. The van der Waals surface area contributed by atoms with Gasteiger partial charge in [-0.05, 0) is 31.6 Å². The number of nitrogens with zero attached hydrogens (tertiary/aromatic N) is 2. The molecule has 1 unspecified atom stereocenters. The Morgan fingerprint density at radius 3 is 2.67 bits per heavy atom. The van der Waals surface area contributed by atoms with Crippen molar-refractivity contribution in [1.29, 1.82) is 0 Å². The summed E-state index contributed by atoms with van der Waals surface area (Å²) in [6.45, 7) is 3.92. The monoisotopic (exact) mass is 296 g/mol. The van der Waals surface area contributed by atoms with Gasteiger partial charge in [-0.3, -0.25) is 4.79 Å². The molecule has 1 fully saturated rings. The molecule has 0 aromatic carbocycles. The zero-order chi connectivity index (χ0) is 15.5. The summed E-state index contributed by atoms with van der Waals surface area (Å²) in [4.78, 5) is 15.6. The van der Waals surface area contributed by atoms with E-state index in [2.05, 4.69) is 10.1 Å². The molecule has 0 amide bonds. The van der Waals surface area contributed by atoms with E-state index in [1.165, 1.54) is 0 Å². The van der Waals surface area contributed by atoms with Crippen LogP contribution >= 0.6 is 0 Å². The standard InChI is InChI=1S/C15H24N2O4/c1-4-14(2,20-3)13-16-11(21-17-13)9-15(10-12(18)19)7-5-6-8-15/h4-10H2,1-3H3,(H,18,19). The van der Waals surface area contributed by atoms with Crippen molar-refractivity contribution in [2.24, 2.45) is 5.41 Å². The number of hydrogen-bond acceptors (Lipinski definition) is 5. The van der Waals surface area contributed by atoms with Crippen LogP contribution in [0.25, 0.3) is 0 Å². The van der Waals surface area contributed by atoms with Gasteiger partial charge in [0.2, 0.25) is 11.7 Å². The first-order valence-electron chi connectivity index (χ1n) is 7.53. The van der Waals surface area contributed by atoms with E-state index in [0.29, 0.717) is 18.1 Å². The molecule has 1 saturated carbocycles. The van der Waals surface area contributed by atoms with Crippen LogP contribution in [0.2, 0.25) is 0 Å². The Morgan fingerprint density at radius 2 is 2.14 bits per heavy atom. The van der Waals surface area contributed by atoms with Crippen molar-refractivity contribution in [1.82, 2.24) is 10.1 Å². The van der Waals surface area contributed by atoms with Gasteiger partial charge in [0.05, 0.1) is 6.42 Å². The third kappa shape index (κ3) is 3.43. The summed E-state index contributed by atoms with van der Waals surface area (Å²) >= 11 is 0. The van der Waals surface area contributed by atoms with E-state index in [1.54, 1.807) is 7.11 Å². The van der Waals surface area contributed by atoms with Crippen LogP contribution in [0, 0.1) is 5.41 Å². The predicted octanol–water partition coefficient (Wildman–Crippen LogP) is 2.92. The van der Waals surface area contributed by atoms with E-state index in [0.717, 1.165) is 32.1 Å². The van der Waals surface area contributed by atoms with E-state index in [9.17, 15) is 4.79 Å². The number of carboxylic acid groups (broad SMARTS) is 1. The molecule has 1 aromatic heterocycles. The molecule has 0 saturated heterocycles. The molecule has 1 atom stereocenters. The second-order valence-corrected chi connectivity index (χ2v) is 6.25. The van der Waals surface area contributed by atoms with Crippen molar-refractivity contribution in [2.75, 3.05) is 7.11 Å². The van der Waals surface area contributed by atoms with Crippen LogP contribution in [0.4, 0.5) is 0 Å². The molecule has 0 aliphatic heterocycles. The zero-order valence-corrected chi connectivity index (χ0v) is 13.0. The second kappa shape index (κ2) is 6.13. The normalized spacial score (nSPS) is 20.3. The topological polar surface area (TPSA) is 85.5 Å². The van der Waals surface area contributed by atoms with Gasteiger partial charge in [0.15, 0.2) is 0 Å². The first kappa shape index (κ1) is 15.9. The van der Waals surface area contributed by atoms with Crippen LogP contribution in [0.1, 0.15) is 64.1 Å². The molecule has 6 heteroatoms. The van der Waals surface area contributed by atoms with Crippen molar-refractivity contribution in [3.8, 4) is 0 Å². The maximum atomic E-state index is 11.1. The van der Waals surface area contributed by atoms with Crippen molar-refractivity contribution < 1.29 is 19.2 Å². The van der Waals surface area contributed by atoms with Gasteiger partial charge in [-0.25, -0.2) is 0 Å². The van der Waals surface area contributed by atoms with Crippen molar-refractivity contribution >= 4 is 5.97 Å².